The van der Waals surface area contributed by atoms with Gasteiger partial charge in [0.1, 0.15) is 5.69 Å². The van der Waals surface area contributed by atoms with Gasteiger partial charge in [0.2, 0.25) is 0 Å². The molecule has 2 aromatic carbocycles. The second kappa shape index (κ2) is 7.00. The fourth-order valence-corrected chi connectivity index (χ4v) is 2.38. The van der Waals surface area contributed by atoms with Crippen LogP contribution in [0.15, 0.2) is 60.7 Å². The van der Waals surface area contributed by atoms with Crippen molar-refractivity contribution in [1.29, 1.82) is 0 Å². The van der Waals surface area contributed by atoms with Gasteiger partial charge in [0.05, 0.1) is 5.69 Å². The zero-order chi connectivity index (χ0) is 16.9. The van der Waals surface area contributed by atoms with Crippen molar-refractivity contribution in [2.45, 2.75) is 6.54 Å². The van der Waals surface area contributed by atoms with E-state index in [1.807, 2.05) is 73.6 Å². The number of aromatic amines is 1. The van der Waals surface area contributed by atoms with Gasteiger partial charge in [-0.05, 0) is 23.8 Å². The normalized spacial score (nSPS) is 10.4. The molecule has 5 heteroatoms. The highest BCUT2D eigenvalue weighted by molar-refractivity contribution is 5.93. The largest absolute Gasteiger partial charge is 0.378 e. The lowest BCUT2D eigenvalue weighted by atomic mass is 10.1. The van der Waals surface area contributed by atoms with Crippen LogP contribution < -0.4 is 10.2 Å². The molecular weight excluding hydrogens is 300 g/mol. The second-order valence-electron chi connectivity index (χ2n) is 5.78. The maximum atomic E-state index is 12.2. The summed E-state index contributed by atoms with van der Waals surface area (Å²) >= 11 is 0. The number of nitrogens with zero attached hydrogens (tertiary/aromatic N) is 2. The number of aromatic nitrogens is 2. The van der Waals surface area contributed by atoms with Crippen molar-refractivity contribution in [3.8, 4) is 11.3 Å². The third-order valence-electron chi connectivity index (χ3n) is 3.80. The number of hydrogen-bond acceptors (Lipinski definition) is 3. The summed E-state index contributed by atoms with van der Waals surface area (Å²) in [4.78, 5) is 14.3. The predicted molar refractivity (Wildman–Crippen MR) is 96.0 cm³/mol. The van der Waals surface area contributed by atoms with E-state index in [4.69, 9.17) is 0 Å². The molecule has 2 N–H and O–H groups in total. The number of carbonyl (C=O) groups excluding carboxylic acids is 1. The minimum atomic E-state index is -0.165. The average Bonchev–Trinajstić information content (AvgIpc) is 3.11. The van der Waals surface area contributed by atoms with Crippen LogP contribution in [0.3, 0.4) is 0 Å². The molecule has 0 aliphatic carbocycles. The number of nitrogens with one attached hydrogen (secondary N) is 2. The lowest BCUT2D eigenvalue weighted by Crippen LogP contribution is -2.23. The monoisotopic (exact) mass is 320 g/mol. The van der Waals surface area contributed by atoms with Gasteiger partial charge < -0.3 is 10.2 Å². The van der Waals surface area contributed by atoms with E-state index in [2.05, 4.69) is 15.5 Å². The summed E-state index contributed by atoms with van der Waals surface area (Å²) in [7, 11) is 4.00. The molecule has 1 aromatic heterocycles. The van der Waals surface area contributed by atoms with Crippen LogP contribution in [0.1, 0.15) is 16.1 Å². The van der Waals surface area contributed by atoms with E-state index in [9.17, 15) is 4.79 Å². The van der Waals surface area contributed by atoms with Crippen LogP contribution >= 0.6 is 0 Å². The first-order chi connectivity index (χ1) is 11.6. The number of amides is 1. The molecule has 0 radical (unpaired) electrons. The maximum absolute atomic E-state index is 12.2. The Labute approximate surface area is 141 Å². The molecule has 0 fully saturated rings. The van der Waals surface area contributed by atoms with Crippen LogP contribution in [0, 0.1) is 0 Å². The Hall–Kier alpha value is -3.08. The number of carbonyl (C=O) groups is 1. The Kier molecular flexibility index (Phi) is 4.61. The Morgan fingerprint density at radius 3 is 2.46 bits per heavy atom. The van der Waals surface area contributed by atoms with Crippen molar-refractivity contribution in [1.82, 2.24) is 15.5 Å². The van der Waals surface area contributed by atoms with E-state index >= 15 is 0 Å². The van der Waals surface area contributed by atoms with Gasteiger partial charge in [-0.2, -0.15) is 5.10 Å². The van der Waals surface area contributed by atoms with Gasteiger partial charge in [-0.15, -0.1) is 0 Å². The van der Waals surface area contributed by atoms with Gasteiger partial charge in [-0.1, -0.05) is 42.5 Å². The topological polar surface area (TPSA) is 61.0 Å². The lowest BCUT2D eigenvalue weighted by molar-refractivity contribution is 0.0946. The minimum Gasteiger partial charge on any atom is -0.378 e. The van der Waals surface area contributed by atoms with Gasteiger partial charge in [0.25, 0.3) is 5.91 Å². The SMILES string of the molecule is CN(C)c1ccc(CNC(=O)c2cc(-c3ccccc3)n[nH]2)cc1. The fraction of sp³-hybridized carbons (Fsp3) is 0.158. The van der Waals surface area contributed by atoms with Crippen LogP contribution in [-0.2, 0) is 6.54 Å². The molecule has 0 unspecified atom stereocenters. The zero-order valence-corrected chi connectivity index (χ0v) is 13.8. The van der Waals surface area contributed by atoms with Crippen LogP contribution in [0.2, 0.25) is 0 Å². The van der Waals surface area contributed by atoms with Crippen molar-refractivity contribution in [3.05, 3.63) is 71.9 Å². The van der Waals surface area contributed by atoms with E-state index < -0.39 is 0 Å². The van der Waals surface area contributed by atoms with Crippen molar-refractivity contribution in [3.63, 3.8) is 0 Å². The highest BCUT2D eigenvalue weighted by Gasteiger charge is 2.10. The van der Waals surface area contributed by atoms with E-state index in [1.165, 1.54) is 0 Å². The predicted octanol–water partition coefficient (Wildman–Crippen LogP) is 3.07. The average molecular weight is 320 g/mol. The first-order valence-corrected chi connectivity index (χ1v) is 7.79. The van der Waals surface area contributed by atoms with Crippen LogP contribution in [-0.4, -0.2) is 30.2 Å². The lowest BCUT2D eigenvalue weighted by Gasteiger charge is -2.12. The fourth-order valence-electron chi connectivity index (χ4n) is 2.38. The summed E-state index contributed by atoms with van der Waals surface area (Å²) < 4.78 is 0. The molecular formula is C19H20N4O. The van der Waals surface area contributed by atoms with Gasteiger partial charge in [0.15, 0.2) is 0 Å². The Morgan fingerprint density at radius 2 is 1.79 bits per heavy atom. The van der Waals surface area contributed by atoms with E-state index in [0.717, 1.165) is 22.5 Å². The van der Waals surface area contributed by atoms with Gasteiger partial charge >= 0.3 is 0 Å². The van der Waals surface area contributed by atoms with E-state index in [1.54, 1.807) is 6.07 Å². The molecule has 0 saturated heterocycles. The Bertz CT molecular complexity index is 807. The van der Waals surface area contributed by atoms with Crippen molar-refractivity contribution in [2.75, 3.05) is 19.0 Å². The molecule has 0 spiro atoms. The molecule has 24 heavy (non-hydrogen) atoms. The third kappa shape index (κ3) is 3.63. The maximum Gasteiger partial charge on any atom is 0.269 e. The molecule has 1 amide bonds. The number of anilines is 1. The summed E-state index contributed by atoms with van der Waals surface area (Å²) in [6, 6.07) is 19.6. The van der Waals surface area contributed by atoms with E-state index in [0.29, 0.717) is 12.2 Å². The summed E-state index contributed by atoms with van der Waals surface area (Å²) in [5, 5.41) is 9.90. The molecule has 0 saturated carbocycles. The van der Waals surface area contributed by atoms with Gasteiger partial charge in [-0.3, -0.25) is 9.89 Å². The Morgan fingerprint density at radius 1 is 1.08 bits per heavy atom. The van der Waals surface area contributed by atoms with Gasteiger partial charge in [-0.25, -0.2) is 0 Å². The molecule has 3 rings (SSSR count). The molecule has 0 aliphatic rings. The molecule has 3 aromatic rings. The molecule has 1 heterocycles. The molecule has 0 atom stereocenters. The molecule has 0 bridgehead atoms. The summed E-state index contributed by atoms with van der Waals surface area (Å²) in [5.74, 6) is -0.165. The van der Waals surface area contributed by atoms with Crippen molar-refractivity contribution < 1.29 is 4.79 Å². The van der Waals surface area contributed by atoms with Gasteiger partial charge in [0, 0.05) is 31.9 Å². The zero-order valence-electron chi connectivity index (χ0n) is 13.8. The van der Waals surface area contributed by atoms with Crippen molar-refractivity contribution >= 4 is 11.6 Å². The molecule has 0 aliphatic heterocycles. The van der Waals surface area contributed by atoms with Crippen molar-refractivity contribution in [2.24, 2.45) is 0 Å². The number of benzene rings is 2. The quantitative estimate of drug-likeness (QED) is 0.759. The highest BCUT2D eigenvalue weighted by Crippen LogP contribution is 2.17. The van der Waals surface area contributed by atoms with Crippen LogP contribution in [0.4, 0.5) is 5.69 Å². The number of hydrogen-bond donors (Lipinski definition) is 2. The second-order valence-corrected chi connectivity index (χ2v) is 5.78. The van der Waals surface area contributed by atoms with Crippen LogP contribution in [0.5, 0.6) is 0 Å². The molecule has 5 nitrogen and oxygen atoms in total. The van der Waals surface area contributed by atoms with E-state index in [-0.39, 0.29) is 5.91 Å². The smallest absolute Gasteiger partial charge is 0.269 e. The van der Waals surface area contributed by atoms with Crippen LogP contribution in [0.25, 0.3) is 11.3 Å². The third-order valence-corrected chi connectivity index (χ3v) is 3.80. The molecule has 122 valence electrons. The summed E-state index contributed by atoms with van der Waals surface area (Å²) in [5.41, 5.74) is 4.38. The number of H-pyrrole nitrogens is 1. The summed E-state index contributed by atoms with van der Waals surface area (Å²) in [6.45, 7) is 0.478. The first kappa shape index (κ1) is 15.8. The number of rotatable bonds is 5. The first-order valence-electron chi connectivity index (χ1n) is 7.79. The minimum absolute atomic E-state index is 0.165. The summed E-state index contributed by atoms with van der Waals surface area (Å²) in [6.07, 6.45) is 0. The standard InChI is InChI=1S/C19H20N4O/c1-23(2)16-10-8-14(9-11-16)13-20-19(24)18-12-17(21-22-18)15-6-4-3-5-7-15/h3-12H,13H2,1-2H3,(H,20,24)(H,21,22). The highest BCUT2D eigenvalue weighted by atomic mass is 16.1. The Balaban J connectivity index is 1.62.